The summed E-state index contributed by atoms with van der Waals surface area (Å²) in [6.45, 7) is 1.93. The van der Waals surface area contributed by atoms with Gasteiger partial charge < -0.3 is 5.32 Å². The highest BCUT2D eigenvalue weighted by Gasteiger charge is 2.01. The van der Waals surface area contributed by atoms with Crippen molar-refractivity contribution in [2.24, 2.45) is 0 Å². The summed E-state index contributed by atoms with van der Waals surface area (Å²) in [5.41, 5.74) is 1.97. The van der Waals surface area contributed by atoms with Gasteiger partial charge in [-0.25, -0.2) is 0 Å². The molecule has 0 bridgehead atoms. The first-order valence-corrected chi connectivity index (χ1v) is 4.04. The van der Waals surface area contributed by atoms with Gasteiger partial charge in [0.05, 0.1) is 10.0 Å². The molecular formula is C8H9Cl2N. The maximum absolute atomic E-state index is 5.85. The normalized spacial score (nSPS) is 9.82. The first-order chi connectivity index (χ1) is 5.15. The lowest BCUT2D eigenvalue weighted by atomic mass is 10.2. The minimum absolute atomic E-state index is 0.594. The van der Waals surface area contributed by atoms with E-state index in [-0.39, 0.29) is 0 Å². The van der Waals surface area contributed by atoms with Crippen molar-refractivity contribution < 1.29 is 0 Å². The van der Waals surface area contributed by atoms with E-state index in [1.54, 1.807) is 6.07 Å². The average molecular weight is 190 g/mol. The molecule has 11 heavy (non-hydrogen) atoms. The smallest absolute Gasteiger partial charge is 0.0623 e. The van der Waals surface area contributed by atoms with Crippen LogP contribution in [0.4, 0.5) is 5.69 Å². The van der Waals surface area contributed by atoms with Crippen LogP contribution in [-0.4, -0.2) is 7.05 Å². The van der Waals surface area contributed by atoms with Crippen molar-refractivity contribution in [1.29, 1.82) is 0 Å². The largest absolute Gasteiger partial charge is 0.388 e. The summed E-state index contributed by atoms with van der Waals surface area (Å²) in [7, 11) is 1.85. The quantitative estimate of drug-likeness (QED) is 0.715. The number of rotatable bonds is 1. The Labute approximate surface area is 76.3 Å². The van der Waals surface area contributed by atoms with Crippen molar-refractivity contribution in [2.45, 2.75) is 6.92 Å². The van der Waals surface area contributed by atoms with Gasteiger partial charge in [-0.2, -0.15) is 0 Å². The van der Waals surface area contributed by atoms with E-state index in [0.717, 1.165) is 11.3 Å². The van der Waals surface area contributed by atoms with Gasteiger partial charge >= 0.3 is 0 Å². The SMILES string of the molecule is CNc1cc(C)c(Cl)c(Cl)c1. The van der Waals surface area contributed by atoms with Gasteiger partial charge in [-0.3, -0.25) is 0 Å². The van der Waals surface area contributed by atoms with Crippen LogP contribution in [0.15, 0.2) is 12.1 Å². The van der Waals surface area contributed by atoms with E-state index in [4.69, 9.17) is 23.2 Å². The summed E-state index contributed by atoms with van der Waals surface area (Å²) < 4.78 is 0. The zero-order valence-corrected chi connectivity index (χ0v) is 7.92. The van der Waals surface area contributed by atoms with Crippen molar-refractivity contribution in [3.8, 4) is 0 Å². The Morgan fingerprint density at radius 3 is 2.36 bits per heavy atom. The van der Waals surface area contributed by atoms with E-state index in [1.165, 1.54) is 0 Å². The minimum Gasteiger partial charge on any atom is -0.388 e. The fourth-order valence-electron chi connectivity index (χ4n) is 0.871. The summed E-state index contributed by atoms with van der Waals surface area (Å²) in [4.78, 5) is 0. The molecule has 0 aliphatic carbocycles. The summed E-state index contributed by atoms with van der Waals surface area (Å²) in [6, 6.07) is 3.76. The van der Waals surface area contributed by atoms with Crippen molar-refractivity contribution in [3.63, 3.8) is 0 Å². The van der Waals surface area contributed by atoms with Crippen molar-refractivity contribution >= 4 is 28.9 Å². The third kappa shape index (κ3) is 1.79. The first kappa shape index (κ1) is 8.69. The van der Waals surface area contributed by atoms with Gasteiger partial charge in [-0.15, -0.1) is 0 Å². The third-order valence-electron chi connectivity index (χ3n) is 1.50. The van der Waals surface area contributed by atoms with E-state index in [0.29, 0.717) is 10.0 Å². The molecule has 60 valence electrons. The zero-order valence-electron chi connectivity index (χ0n) is 6.41. The maximum atomic E-state index is 5.85. The van der Waals surface area contributed by atoms with Gasteiger partial charge in [0.2, 0.25) is 0 Å². The number of benzene rings is 1. The molecule has 0 heterocycles. The van der Waals surface area contributed by atoms with Crippen molar-refractivity contribution in [2.75, 3.05) is 12.4 Å². The second-order valence-corrected chi connectivity index (χ2v) is 3.12. The standard InChI is InChI=1S/C8H9Cl2N/c1-5-3-6(11-2)4-7(9)8(5)10/h3-4,11H,1-2H3. The Morgan fingerprint density at radius 2 is 1.91 bits per heavy atom. The van der Waals surface area contributed by atoms with Gasteiger partial charge in [-0.1, -0.05) is 23.2 Å². The van der Waals surface area contributed by atoms with Crippen LogP contribution < -0.4 is 5.32 Å². The molecule has 0 atom stereocenters. The molecule has 1 rings (SSSR count). The number of anilines is 1. The topological polar surface area (TPSA) is 12.0 Å². The van der Waals surface area contributed by atoms with E-state index in [9.17, 15) is 0 Å². The number of hydrogen-bond acceptors (Lipinski definition) is 1. The molecular weight excluding hydrogens is 181 g/mol. The van der Waals surface area contributed by atoms with E-state index in [1.807, 2.05) is 20.0 Å². The van der Waals surface area contributed by atoms with Crippen LogP contribution in [-0.2, 0) is 0 Å². The molecule has 3 heteroatoms. The molecule has 0 aliphatic rings. The predicted molar refractivity (Wildman–Crippen MR) is 50.7 cm³/mol. The lowest BCUT2D eigenvalue weighted by Gasteiger charge is -2.04. The summed E-state index contributed by atoms with van der Waals surface area (Å²) >= 11 is 11.7. The van der Waals surface area contributed by atoms with Crippen LogP contribution in [0.1, 0.15) is 5.56 Å². The van der Waals surface area contributed by atoms with E-state index in [2.05, 4.69) is 5.32 Å². The van der Waals surface area contributed by atoms with Crippen LogP contribution in [0, 0.1) is 6.92 Å². The van der Waals surface area contributed by atoms with Gasteiger partial charge in [0.25, 0.3) is 0 Å². The molecule has 0 radical (unpaired) electrons. The lowest BCUT2D eigenvalue weighted by molar-refractivity contribution is 1.43. The van der Waals surface area contributed by atoms with Crippen molar-refractivity contribution in [1.82, 2.24) is 0 Å². The highest BCUT2D eigenvalue weighted by molar-refractivity contribution is 6.42. The van der Waals surface area contributed by atoms with Crippen molar-refractivity contribution in [3.05, 3.63) is 27.7 Å². The van der Waals surface area contributed by atoms with Crippen LogP contribution in [0.3, 0.4) is 0 Å². The molecule has 0 fully saturated rings. The minimum atomic E-state index is 0.594. The molecule has 0 aliphatic heterocycles. The Hall–Kier alpha value is -0.400. The Bertz CT molecular complexity index is 248. The Morgan fingerprint density at radius 1 is 1.27 bits per heavy atom. The molecule has 1 aromatic rings. The van der Waals surface area contributed by atoms with E-state index < -0.39 is 0 Å². The fourth-order valence-corrected chi connectivity index (χ4v) is 1.25. The number of halogens is 2. The number of hydrogen-bond donors (Lipinski definition) is 1. The predicted octanol–water partition coefficient (Wildman–Crippen LogP) is 3.34. The average Bonchev–Trinajstić information content (AvgIpc) is 1.99. The first-order valence-electron chi connectivity index (χ1n) is 3.28. The summed E-state index contributed by atoms with van der Waals surface area (Å²) in [5.74, 6) is 0. The molecule has 0 aromatic heterocycles. The van der Waals surface area contributed by atoms with Gasteiger partial charge in [0.15, 0.2) is 0 Å². The maximum Gasteiger partial charge on any atom is 0.0623 e. The zero-order chi connectivity index (χ0) is 8.43. The van der Waals surface area contributed by atoms with Gasteiger partial charge in [-0.05, 0) is 24.6 Å². The molecule has 1 aromatic carbocycles. The summed E-state index contributed by atoms with van der Waals surface area (Å²) in [6.07, 6.45) is 0. The second kappa shape index (κ2) is 3.33. The molecule has 0 spiro atoms. The van der Waals surface area contributed by atoms with Crippen LogP contribution in [0.25, 0.3) is 0 Å². The lowest BCUT2D eigenvalue weighted by Crippen LogP contribution is -1.89. The molecule has 0 unspecified atom stereocenters. The molecule has 0 amide bonds. The number of nitrogens with one attached hydrogen (secondary N) is 1. The molecule has 0 saturated heterocycles. The summed E-state index contributed by atoms with van der Waals surface area (Å²) in [5, 5.41) is 4.22. The number of aryl methyl sites for hydroxylation is 1. The second-order valence-electron chi connectivity index (χ2n) is 2.34. The fraction of sp³-hybridized carbons (Fsp3) is 0.250. The monoisotopic (exact) mass is 189 g/mol. The van der Waals surface area contributed by atoms with Crippen LogP contribution in [0.2, 0.25) is 10.0 Å². The Balaban J connectivity index is 3.21. The third-order valence-corrected chi connectivity index (χ3v) is 2.40. The highest BCUT2D eigenvalue weighted by Crippen LogP contribution is 2.28. The van der Waals surface area contributed by atoms with Gasteiger partial charge in [0, 0.05) is 12.7 Å². The molecule has 0 saturated carbocycles. The van der Waals surface area contributed by atoms with Crippen LogP contribution >= 0.6 is 23.2 Å². The van der Waals surface area contributed by atoms with Crippen LogP contribution in [0.5, 0.6) is 0 Å². The van der Waals surface area contributed by atoms with E-state index >= 15 is 0 Å². The highest BCUT2D eigenvalue weighted by atomic mass is 35.5. The molecule has 1 N–H and O–H groups in total. The Kier molecular flexibility index (Phi) is 2.63. The van der Waals surface area contributed by atoms with Gasteiger partial charge in [0.1, 0.15) is 0 Å². The molecule has 1 nitrogen and oxygen atoms in total.